The number of carbonyl (C=O) groups excluding carboxylic acids is 1. The first-order valence-corrected chi connectivity index (χ1v) is 5.46. The van der Waals surface area contributed by atoms with Gasteiger partial charge in [-0.25, -0.2) is 4.98 Å². The maximum Gasteiger partial charge on any atom is 0.246 e. The quantitative estimate of drug-likeness (QED) is 0.711. The monoisotopic (exact) mass is 226 g/mol. The van der Waals surface area contributed by atoms with E-state index >= 15 is 0 Å². The fraction of sp³-hybridized carbons (Fsp3) is 0.400. The summed E-state index contributed by atoms with van der Waals surface area (Å²) in [7, 11) is 3.34. The molecule has 0 aliphatic heterocycles. The number of methoxy groups -OCH3 is 1. The number of ether oxygens (including phenoxy) is 1. The van der Waals surface area contributed by atoms with Crippen molar-refractivity contribution in [3.8, 4) is 0 Å². The molecule has 0 unspecified atom stereocenters. The SMILES string of the molecule is COCC=CC(=O)N(C)Cc1cscn1. The molecule has 1 aromatic rings. The van der Waals surface area contributed by atoms with Gasteiger partial charge in [0.05, 0.1) is 24.4 Å². The minimum Gasteiger partial charge on any atom is -0.381 e. The minimum absolute atomic E-state index is 0.0416. The first-order chi connectivity index (χ1) is 7.24. The summed E-state index contributed by atoms with van der Waals surface area (Å²) in [5, 5.41) is 1.93. The van der Waals surface area contributed by atoms with Gasteiger partial charge in [-0.05, 0) is 0 Å². The van der Waals surface area contributed by atoms with Crippen LogP contribution in [0.5, 0.6) is 0 Å². The molecule has 0 saturated heterocycles. The van der Waals surface area contributed by atoms with Crippen LogP contribution in [-0.2, 0) is 16.1 Å². The highest BCUT2D eigenvalue weighted by Gasteiger charge is 2.06. The second-order valence-electron chi connectivity index (χ2n) is 3.03. The van der Waals surface area contributed by atoms with Crippen molar-refractivity contribution >= 4 is 17.2 Å². The predicted octanol–water partition coefficient (Wildman–Crippen LogP) is 1.30. The highest BCUT2D eigenvalue weighted by molar-refractivity contribution is 7.07. The Morgan fingerprint density at radius 3 is 3.13 bits per heavy atom. The molecule has 1 amide bonds. The molecule has 0 saturated carbocycles. The van der Waals surface area contributed by atoms with Gasteiger partial charge in [0, 0.05) is 25.6 Å². The zero-order chi connectivity index (χ0) is 11.1. The lowest BCUT2D eigenvalue weighted by atomic mass is 10.4. The molecule has 4 nitrogen and oxygen atoms in total. The van der Waals surface area contributed by atoms with Crippen LogP contribution in [0, 0.1) is 0 Å². The van der Waals surface area contributed by atoms with Crippen molar-refractivity contribution in [1.29, 1.82) is 0 Å². The van der Waals surface area contributed by atoms with E-state index in [0.29, 0.717) is 13.2 Å². The third-order valence-corrected chi connectivity index (χ3v) is 2.42. The number of amides is 1. The zero-order valence-corrected chi connectivity index (χ0v) is 9.66. The van der Waals surface area contributed by atoms with E-state index in [0.717, 1.165) is 5.69 Å². The Bertz CT molecular complexity index is 322. The van der Waals surface area contributed by atoms with Crippen molar-refractivity contribution in [1.82, 2.24) is 9.88 Å². The third-order valence-electron chi connectivity index (χ3n) is 1.78. The van der Waals surface area contributed by atoms with Crippen LogP contribution in [0.3, 0.4) is 0 Å². The molecule has 0 aromatic carbocycles. The van der Waals surface area contributed by atoms with Gasteiger partial charge in [-0.1, -0.05) is 6.08 Å². The molecular formula is C10H14N2O2S. The van der Waals surface area contributed by atoms with E-state index in [4.69, 9.17) is 4.74 Å². The number of rotatable bonds is 5. The first-order valence-electron chi connectivity index (χ1n) is 4.51. The number of carbonyl (C=O) groups is 1. The molecule has 15 heavy (non-hydrogen) atoms. The zero-order valence-electron chi connectivity index (χ0n) is 8.84. The van der Waals surface area contributed by atoms with Crippen LogP contribution in [0.25, 0.3) is 0 Å². The van der Waals surface area contributed by atoms with E-state index < -0.39 is 0 Å². The number of thiazole rings is 1. The number of likely N-dealkylation sites (N-methyl/N-ethyl adjacent to an activating group) is 1. The van der Waals surface area contributed by atoms with Crippen LogP contribution in [0.2, 0.25) is 0 Å². The summed E-state index contributed by atoms with van der Waals surface area (Å²) in [6.45, 7) is 0.996. The van der Waals surface area contributed by atoms with Crippen molar-refractivity contribution in [3.05, 3.63) is 28.7 Å². The molecule has 0 spiro atoms. The maximum absolute atomic E-state index is 11.5. The van der Waals surface area contributed by atoms with Crippen LogP contribution in [-0.4, -0.2) is 36.6 Å². The van der Waals surface area contributed by atoms with E-state index in [2.05, 4.69) is 4.98 Å². The molecule has 1 heterocycles. The first kappa shape index (κ1) is 11.9. The summed E-state index contributed by atoms with van der Waals surface area (Å²) in [5.41, 5.74) is 2.67. The Morgan fingerprint density at radius 2 is 2.53 bits per heavy atom. The summed E-state index contributed by atoms with van der Waals surface area (Å²) in [6.07, 6.45) is 3.20. The van der Waals surface area contributed by atoms with Crippen molar-refractivity contribution in [3.63, 3.8) is 0 Å². The van der Waals surface area contributed by atoms with Crippen LogP contribution < -0.4 is 0 Å². The average Bonchev–Trinajstić information content (AvgIpc) is 2.70. The second kappa shape index (κ2) is 6.31. The molecule has 0 radical (unpaired) electrons. The van der Waals surface area contributed by atoms with Gasteiger partial charge in [-0.2, -0.15) is 0 Å². The molecule has 1 aromatic heterocycles. The summed E-state index contributed by atoms with van der Waals surface area (Å²) < 4.78 is 4.81. The molecule has 5 heteroatoms. The maximum atomic E-state index is 11.5. The summed E-state index contributed by atoms with van der Waals surface area (Å²) in [5.74, 6) is -0.0416. The van der Waals surface area contributed by atoms with Crippen molar-refractivity contribution in [2.24, 2.45) is 0 Å². The lowest BCUT2D eigenvalue weighted by Gasteiger charge is -2.12. The van der Waals surface area contributed by atoms with E-state index in [-0.39, 0.29) is 5.91 Å². The lowest BCUT2D eigenvalue weighted by molar-refractivity contribution is -0.125. The van der Waals surface area contributed by atoms with Gasteiger partial charge < -0.3 is 9.64 Å². The van der Waals surface area contributed by atoms with Gasteiger partial charge in [0.15, 0.2) is 0 Å². The molecule has 0 aliphatic carbocycles. The van der Waals surface area contributed by atoms with Gasteiger partial charge in [0.1, 0.15) is 0 Å². The van der Waals surface area contributed by atoms with Gasteiger partial charge in [0.25, 0.3) is 0 Å². The molecule has 0 fully saturated rings. The molecule has 0 bridgehead atoms. The van der Waals surface area contributed by atoms with E-state index in [1.165, 1.54) is 17.4 Å². The van der Waals surface area contributed by atoms with Crippen LogP contribution in [0.1, 0.15) is 5.69 Å². The predicted molar refractivity (Wildman–Crippen MR) is 59.6 cm³/mol. The fourth-order valence-electron chi connectivity index (χ4n) is 1.01. The molecule has 0 aliphatic rings. The molecule has 82 valence electrons. The van der Waals surface area contributed by atoms with Crippen molar-refractivity contribution in [2.75, 3.05) is 20.8 Å². The van der Waals surface area contributed by atoms with Crippen molar-refractivity contribution < 1.29 is 9.53 Å². The molecule has 1 rings (SSSR count). The summed E-state index contributed by atoms with van der Waals surface area (Å²) >= 11 is 1.53. The number of nitrogens with zero attached hydrogens (tertiary/aromatic N) is 2. The molecular weight excluding hydrogens is 212 g/mol. The second-order valence-corrected chi connectivity index (χ2v) is 3.75. The van der Waals surface area contributed by atoms with Crippen LogP contribution in [0.4, 0.5) is 0 Å². The van der Waals surface area contributed by atoms with Crippen LogP contribution >= 0.6 is 11.3 Å². The topological polar surface area (TPSA) is 42.4 Å². The highest BCUT2D eigenvalue weighted by Crippen LogP contribution is 2.04. The Kier molecular flexibility index (Phi) is 5.00. The van der Waals surface area contributed by atoms with Gasteiger partial charge in [-0.3, -0.25) is 4.79 Å². The van der Waals surface area contributed by atoms with E-state index in [1.54, 1.807) is 30.6 Å². The van der Waals surface area contributed by atoms with Gasteiger partial charge in [0.2, 0.25) is 5.91 Å². The van der Waals surface area contributed by atoms with Crippen LogP contribution in [0.15, 0.2) is 23.0 Å². The van der Waals surface area contributed by atoms with Crippen molar-refractivity contribution in [2.45, 2.75) is 6.54 Å². The number of aromatic nitrogens is 1. The summed E-state index contributed by atoms with van der Waals surface area (Å²) in [4.78, 5) is 17.2. The smallest absolute Gasteiger partial charge is 0.246 e. The standard InChI is InChI=1S/C10H14N2O2S/c1-12(6-9-7-15-8-11-9)10(13)4-3-5-14-2/h3-4,7-8H,5-6H2,1-2H3. The fourth-order valence-corrected chi connectivity index (χ4v) is 1.56. The van der Waals surface area contributed by atoms with E-state index in [9.17, 15) is 4.79 Å². The lowest BCUT2D eigenvalue weighted by Crippen LogP contribution is -2.24. The molecule has 0 atom stereocenters. The van der Waals surface area contributed by atoms with Gasteiger partial charge in [-0.15, -0.1) is 11.3 Å². The number of hydrogen-bond donors (Lipinski definition) is 0. The number of hydrogen-bond acceptors (Lipinski definition) is 4. The Hall–Kier alpha value is -1.20. The average molecular weight is 226 g/mol. The molecule has 0 N–H and O–H groups in total. The van der Waals surface area contributed by atoms with Gasteiger partial charge >= 0.3 is 0 Å². The normalized spacial score (nSPS) is 10.8. The highest BCUT2D eigenvalue weighted by atomic mass is 32.1. The van der Waals surface area contributed by atoms with E-state index in [1.807, 2.05) is 5.38 Å². The Morgan fingerprint density at radius 1 is 1.73 bits per heavy atom. The largest absolute Gasteiger partial charge is 0.381 e. The minimum atomic E-state index is -0.0416. The summed E-state index contributed by atoms with van der Waals surface area (Å²) in [6, 6.07) is 0. The Balaban J connectivity index is 2.39. The third kappa shape index (κ3) is 4.22. The Labute approximate surface area is 93.2 Å².